The van der Waals surface area contributed by atoms with Crippen LogP contribution in [0.25, 0.3) is 10.9 Å². The van der Waals surface area contributed by atoms with Gasteiger partial charge in [0.05, 0.1) is 12.6 Å². The van der Waals surface area contributed by atoms with Crippen molar-refractivity contribution in [2.75, 3.05) is 38.2 Å². The van der Waals surface area contributed by atoms with Crippen molar-refractivity contribution in [3.63, 3.8) is 0 Å². The Hall–Kier alpha value is -2.50. The maximum Gasteiger partial charge on any atom is 0.194 e. The SMILES string of the molecule is COc1ccc2c(c1)c(=O)c(CN1CCN(c3ccc(Cl)cc3)CC1)c(C)n2C. The van der Waals surface area contributed by atoms with Gasteiger partial charge in [-0.3, -0.25) is 9.69 Å². The van der Waals surface area contributed by atoms with Crippen LogP contribution in [-0.4, -0.2) is 42.8 Å². The number of pyridine rings is 1. The average molecular weight is 412 g/mol. The first-order valence-electron chi connectivity index (χ1n) is 9.87. The summed E-state index contributed by atoms with van der Waals surface area (Å²) in [6.07, 6.45) is 0. The van der Waals surface area contributed by atoms with Crippen LogP contribution >= 0.6 is 11.6 Å². The third-order valence-corrected chi connectivity index (χ3v) is 6.22. The Morgan fingerprint density at radius 3 is 2.38 bits per heavy atom. The molecule has 29 heavy (non-hydrogen) atoms. The first-order valence-corrected chi connectivity index (χ1v) is 10.2. The molecule has 2 heterocycles. The van der Waals surface area contributed by atoms with Crippen LogP contribution in [0.4, 0.5) is 5.69 Å². The first kappa shape index (κ1) is 19.8. The summed E-state index contributed by atoms with van der Waals surface area (Å²) in [5.74, 6) is 0.709. The number of methoxy groups -OCH3 is 1. The van der Waals surface area contributed by atoms with Gasteiger partial charge in [0.25, 0.3) is 0 Å². The topological polar surface area (TPSA) is 37.7 Å². The molecule has 3 aromatic rings. The van der Waals surface area contributed by atoms with Gasteiger partial charge >= 0.3 is 0 Å². The maximum absolute atomic E-state index is 13.2. The quantitative estimate of drug-likeness (QED) is 0.654. The highest BCUT2D eigenvalue weighted by Crippen LogP contribution is 2.23. The van der Waals surface area contributed by atoms with Gasteiger partial charge in [0.15, 0.2) is 5.43 Å². The van der Waals surface area contributed by atoms with Crippen molar-refractivity contribution in [1.82, 2.24) is 9.47 Å². The lowest BCUT2D eigenvalue weighted by molar-refractivity contribution is 0.248. The number of hydrogen-bond acceptors (Lipinski definition) is 4. The Balaban J connectivity index is 1.55. The van der Waals surface area contributed by atoms with Crippen molar-refractivity contribution in [1.29, 1.82) is 0 Å². The van der Waals surface area contributed by atoms with Crippen molar-refractivity contribution < 1.29 is 4.74 Å². The maximum atomic E-state index is 13.2. The van der Waals surface area contributed by atoms with Gasteiger partial charge in [0.2, 0.25) is 0 Å². The number of aromatic nitrogens is 1. The highest BCUT2D eigenvalue weighted by atomic mass is 35.5. The third kappa shape index (κ3) is 3.85. The fraction of sp³-hybridized carbons (Fsp3) is 0.348. The Kier molecular flexibility index (Phi) is 5.52. The lowest BCUT2D eigenvalue weighted by Crippen LogP contribution is -2.46. The molecule has 0 spiro atoms. The van der Waals surface area contributed by atoms with Crippen LogP contribution < -0.4 is 15.1 Å². The van der Waals surface area contributed by atoms with Crippen molar-refractivity contribution in [2.24, 2.45) is 7.05 Å². The number of fused-ring (bicyclic) bond motifs is 1. The predicted molar refractivity (Wildman–Crippen MR) is 119 cm³/mol. The fourth-order valence-corrected chi connectivity index (χ4v) is 4.18. The second-order valence-corrected chi connectivity index (χ2v) is 8.01. The van der Waals surface area contributed by atoms with E-state index in [0.29, 0.717) is 17.7 Å². The summed E-state index contributed by atoms with van der Waals surface area (Å²) in [4.78, 5) is 18.0. The Labute approximate surface area is 176 Å². The minimum Gasteiger partial charge on any atom is -0.497 e. The molecule has 0 bridgehead atoms. The van der Waals surface area contributed by atoms with E-state index in [1.807, 2.05) is 44.3 Å². The minimum atomic E-state index is 0.106. The second-order valence-electron chi connectivity index (χ2n) is 7.57. The van der Waals surface area contributed by atoms with E-state index in [9.17, 15) is 4.79 Å². The number of anilines is 1. The summed E-state index contributed by atoms with van der Waals surface area (Å²) < 4.78 is 7.43. The predicted octanol–water partition coefficient (Wildman–Crippen LogP) is 3.83. The van der Waals surface area contributed by atoms with Gasteiger partial charge < -0.3 is 14.2 Å². The average Bonchev–Trinajstić information content (AvgIpc) is 2.76. The van der Waals surface area contributed by atoms with E-state index >= 15 is 0 Å². The standard InChI is InChI=1S/C23H26ClN3O2/c1-16-21(23(28)20-14-19(29-3)8-9-22(20)25(16)2)15-26-10-12-27(13-11-26)18-6-4-17(24)5-7-18/h4-9,14H,10-13,15H2,1-3H3. The first-order chi connectivity index (χ1) is 14.0. The van der Waals surface area contributed by atoms with Crippen molar-refractivity contribution in [3.8, 4) is 5.75 Å². The van der Waals surface area contributed by atoms with Gasteiger partial charge in [-0.05, 0) is 49.4 Å². The summed E-state index contributed by atoms with van der Waals surface area (Å²) >= 11 is 6.00. The minimum absolute atomic E-state index is 0.106. The van der Waals surface area contributed by atoms with Crippen LogP contribution in [0.2, 0.25) is 5.02 Å². The molecule has 0 saturated carbocycles. The Morgan fingerprint density at radius 2 is 1.72 bits per heavy atom. The van der Waals surface area contributed by atoms with Crippen molar-refractivity contribution in [2.45, 2.75) is 13.5 Å². The molecule has 0 N–H and O–H groups in total. The van der Waals surface area contributed by atoms with Gasteiger partial charge in [-0.1, -0.05) is 11.6 Å². The number of ether oxygens (including phenoxy) is 1. The number of rotatable bonds is 4. The van der Waals surface area contributed by atoms with Crippen LogP contribution in [0.5, 0.6) is 5.75 Å². The van der Waals surface area contributed by atoms with Gasteiger partial charge in [0.1, 0.15) is 5.75 Å². The molecule has 0 aliphatic carbocycles. The van der Waals surface area contributed by atoms with Gasteiger partial charge in [-0.15, -0.1) is 0 Å². The molecular formula is C23H26ClN3O2. The van der Waals surface area contributed by atoms with Crippen LogP contribution in [0.3, 0.4) is 0 Å². The summed E-state index contributed by atoms with van der Waals surface area (Å²) in [7, 11) is 3.65. The zero-order valence-electron chi connectivity index (χ0n) is 17.1. The molecule has 6 heteroatoms. The number of hydrogen-bond donors (Lipinski definition) is 0. The largest absolute Gasteiger partial charge is 0.497 e. The molecular weight excluding hydrogens is 386 g/mol. The highest BCUT2D eigenvalue weighted by Gasteiger charge is 2.21. The van der Waals surface area contributed by atoms with Crippen LogP contribution in [0, 0.1) is 6.92 Å². The molecule has 0 amide bonds. The monoisotopic (exact) mass is 411 g/mol. The molecule has 0 radical (unpaired) electrons. The summed E-state index contributed by atoms with van der Waals surface area (Å²) in [5, 5.41) is 1.47. The Bertz CT molecular complexity index is 1080. The van der Waals surface area contributed by atoms with E-state index in [4.69, 9.17) is 16.3 Å². The lowest BCUT2D eigenvalue weighted by Gasteiger charge is -2.36. The van der Waals surface area contributed by atoms with E-state index in [-0.39, 0.29) is 5.43 Å². The molecule has 0 atom stereocenters. The number of nitrogens with zero attached hydrogens (tertiary/aromatic N) is 3. The van der Waals surface area contributed by atoms with E-state index < -0.39 is 0 Å². The van der Waals surface area contributed by atoms with Crippen LogP contribution in [-0.2, 0) is 13.6 Å². The molecule has 4 rings (SSSR count). The van der Waals surface area contributed by atoms with E-state index in [1.165, 1.54) is 5.69 Å². The lowest BCUT2D eigenvalue weighted by atomic mass is 10.1. The van der Waals surface area contributed by atoms with Gasteiger partial charge in [-0.25, -0.2) is 0 Å². The second kappa shape index (κ2) is 8.09. The molecule has 1 fully saturated rings. The normalized spacial score (nSPS) is 15.1. The number of aryl methyl sites for hydroxylation is 1. The Morgan fingerprint density at radius 1 is 1.03 bits per heavy atom. The highest BCUT2D eigenvalue weighted by molar-refractivity contribution is 6.30. The summed E-state index contributed by atoms with van der Waals surface area (Å²) in [6.45, 7) is 6.40. The number of piperazine rings is 1. The van der Waals surface area contributed by atoms with Crippen molar-refractivity contribution in [3.05, 3.63) is 69.0 Å². The molecule has 2 aromatic carbocycles. The van der Waals surface area contributed by atoms with E-state index in [0.717, 1.165) is 48.0 Å². The smallest absolute Gasteiger partial charge is 0.194 e. The number of benzene rings is 2. The molecule has 1 saturated heterocycles. The van der Waals surface area contributed by atoms with Crippen molar-refractivity contribution >= 4 is 28.2 Å². The zero-order valence-corrected chi connectivity index (χ0v) is 17.9. The van der Waals surface area contributed by atoms with E-state index in [2.05, 4.69) is 26.5 Å². The molecule has 1 aliphatic rings. The molecule has 152 valence electrons. The molecule has 0 unspecified atom stereocenters. The molecule has 5 nitrogen and oxygen atoms in total. The molecule has 1 aromatic heterocycles. The molecule has 1 aliphatic heterocycles. The summed E-state index contributed by atoms with van der Waals surface area (Å²) in [5.41, 5.74) is 4.12. The van der Waals surface area contributed by atoms with Gasteiger partial charge in [0, 0.05) is 67.1 Å². The zero-order chi connectivity index (χ0) is 20.5. The van der Waals surface area contributed by atoms with Crippen LogP contribution in [0.15, 0.2) is 47.3 Å². The number of halogens is 1. The fourth-order valence-electron chi connectivity index (χ4n) is 4.05. The van der Waals surface area contributed by atoms with Crippen LogP contribution in [0.1, 0.15) is 11.3 Å². The summed E-state index contributed by atoms with van der Waals surface area (Å²) in [6, 6.07) is 13.7. The third-order valence-electron chi connectivity index (χ3n) is 5.97. The van der Waals surface area contributed by atoms with Gasteiger partial charge in [-0.2, -0.15) is 0 Å². The van der Waals surface area contributed by atoms with E-state index in [1.54, 1.807) is 7.11 Å².